The van der Waals surface area contributed by atoms with E-state index in [1.165, 1.54) is 19.3 Å². The van der Waals surface area contributed by atoms with Crippen LogP contribution in [0.5, 0.6) is 5.75 Å². The molecule has 0 bridgehead atoms. The van der Waals surface area contributed by atoms with E-state index in [2.05, 4.69) is 21.4 Å². The third-order valence-electron chi connectivity index (χ3n) is 4.32. The van der Waals surface area contributed by atoms with Gasteiger partial charge in [-0.2, -0.15) is 0 Å². The molecule has 1 aliphatic rings. The van der Waals surface area contributed by atoms with E-state index >= 15 is 0 Å². The van der Waals surface area contributed by atoms with Crippen molar-refractivity contribution in [2.45, 2.75) is 32.9 Å². The summed E-state index contributed by atoms with van der Waals surface area (Å²) in [6, 6.07) is 5.89. The molecule has 1 atom stereocenters. The largest absolute Gasteiger partial charge is 0.497 e. The van der Waals surface area contributed by atoms with Crippen molar-refractivity contribution in [3.8, 4) is 5.75 Å². The first-order valence-corrected chi connectivity index (χ1v) is 8.01. The van der Waals surface area contributed by atoms with E-state index in [0.717, 1.165) is 42.5 Å². The molecule has 1 unspecified atom stereocenters. The van der Waals surface area contributed by atoms with Crippen molar-refractivity contribution in [1.29, 1.82) is 0 Å². The van der Waals surface area contributed by atoms with Crippen molar-refractivity contribution in [3.05, 3.63) is 23.5 Å². The molecule has 2 aromatic rings. The molecule has 0 saturated carbocycles. The van der Waals surface area contributed by atoms with Gasteiger partial charge in [0.05, 0.1) is 24.8 Å². The minimum atomic E-state index is 0.553. The number of halogens is 1. The fourth-order valence-electron chi connectivity index (χ4n) is 3.22. The molecule has 1 fully saturated rings. The Morgan fingerprint density at radius 3 is 3.05 bits per heavy atom. The van der Waals surface area contributed by atoms with Crippen LogP contribution in [0.15, 0.2) is 18.2 Å². The molecular weight excluding hydrogens is 286 g/mol. The maximum absolute atomic E-state index is 6.32. The van der Waals surface area contributed by atoms with E-state index < -0.39 is 0 Å². The third-order valence-corrected chi connectivity index (χ3v) is 4.61. The van der Waals surface area contributed by atoms with Gasteiger partial charge in [0.15, 0.2) is 0 Å². The number of benzene rings is 1. The van der Waals surface area contributed by atoms with Crippen LogP contribution in [0.25, 0.3) is 11.0 Å². The van der Waals surface area contributed by atoms with Gasteiger partial charge >= 0.3 is 0 Å². The van der Waals surface area contributed by atoms with Gasteiger partial charge in [-0.1, -0.05) is 13.3 Å². The third kappa shape index (κ3) is 3.01. The lowest BCUT2D eigenvalue weighted by molar-refractivity contribution is 0.261. The molecule has 0 aliphatic carbocycles. The van der Waals surface area contributed by atoms with Gasteiger partial charge in [-0.15, -0.1) is 0 Å². The second-order valence-electron chi connectivity index (χ2n) is 5.83. The molecule has 0 radical (unpaired) electrons. The smallest absolute Gasteiger partial charge is 0.204 e. The van der Waals surface area contributed by atoms with Gasteiger partial charge in [0.1, 0.15) is 5.75 Å². The number of nitrogens with zero attached hydrogens (tertiary/aromatic N) is 3. The number of hydrogen-bond acceptors (Lipinski definition) is 3. The van der Waals surface area contributed by atoms with Gasteiger partial charge in [-0.25, -0.2) is 4.98 Å². The van der Waals surface area contributed by atoms with Crippen LogP contribution < -0.4 is 4.74 Å². The molecule has 3 rings (SSSR count). The predicted octanol–water partition coefficient (Wildman–Crippen LogP) is 3.78. The van der Waals surface area contributed by atoms with E-state index in [1.54, 1.807) is 7.11 Å². The number of imidazole rings is 1. The van der Waals surface area contributed by atoms with Crippen LogP contribution in [0.4, 0.5) is 0 Å². The Morgan fingerprint density at radius 2 is 2.29 bits per heavy atom. The average molecular weight is 308 g/mol. The van der Waals surface area contributed by atoms with Gasteiger partial charge in [0.2, 0.25) is 5.28 Å². The van der Waals surface area contributed by atoms with Crippen LogP contribution in [0.3, 0.4) is 0 Å². The number of fused-ring (bicyclic) bond motifs is 1. The van der Waals surface area contributed by atoms with Crippen LogP contribution in [0, 0.1) is 5.92 Å². The highest BCUT2D eigenvalue weighted by Crippen LogP contribution is 2.27. The molecule has 1 aliphatic heterocycles. The molecule has 4 nitrogen and oxygen atoms in total. The molecule has 0 spiro atoms. The molecule has 114 valence electrons. The summed E-state index contributed by atoms with van der Waals surface area (Å²) in [5, 5.41) is 0.553. The van der Waals surface area contributed by atoms with Gasteiger partial charge in [0.25, 0.3) is 0 Å². The number of rotatable bonds is 5. The highest BCUT2D eigenvalue weighted by atomic mass is 35.5. The van der Waals surface area contributed by atoms with E-state index in [-0.39, 0.29) is 0 Å². The van der Waals surface area contributed by atoms with Crippen molar-refractivity contribution < 1.29 is 4.74 Å². The second-order valence-corrected chi connectivity index (χ2v) is 6.16. The second kappa shape index (κ2) is 6.24. The zero-order chi connectivity index (χ0) is 14.8. The summed E-state index contributed by atoms with van der Waals surface area (Å²) in [7, 11) is 1.68. The molecule has 1 aromatic carbocycles. The van der Waals surface area contributed by atoms with Crippen molar-refractivity contribution in [3.63, 3.8) is 0 Å². The Hall–Kier alpha value is -1.26. The maximum atomic E-state index is 6.32. The monoisotopic (exact) mass is 307 g/mol. The minimum Gasteiger partial charge on any atom is -0.497 e. The minimum absolute atomic E-state index is 0.553. The van der Waals surface area contributed by atoms with Crippen LogP contribution >= 0.6 is 11.6 Å². The number of hydrogen-bond donors (Lipinski definition) is 0. The number of methoxy groups -OCH3 is 1. The molecule has 1 saturated heterocycles. The molecule has 1 aromatic heterocycles. The zero-order valence-corrected chi connectivity index (χ0v) is 13.4. The number of ether oxygens (including phenoxy) is 1. The zero-order valence-electron chi connectivity index (χ0n) is 12.7. The summed E-state index contributed by atoms with van der Waals surface area (Å²) in [4.78, 5) is 6.90. The standard InChI is InChI=1S/C16H22ClN3O/c1-3-4-12-7-8-19(10-12)11-20-15-9-13(21-2)5-6-14(15)18-16(20)17/h5-6,9,12H,3-4,7-8,10-11H2,1-2H3. The van der Waals surface area contributed by atoms with Crippen molar-refractivity contribution >= 4 is 22.6 Å². The van der Waals surface area contributed by atoms with Gasteiger partial charge < -0.3 is 9.30 Å². The SMILES string of the molecule is CCCC1CCN(Cn2c(Cl)nc3ccc(OC)cc32)C1. The topological polar surface area (TPSA) is 30.3 Å². The Labute approximate surface area is 130 Å². The number of likely N-dealkylation sites (tertiary alicyclic amines) is 1. The Kier molecular flexibility index (Phi) is 4.36. The highest BCUT2D eigenvalue weighted by molar-refractivity contribution is 6.29. The molecule has 21 heavy (non-hydrogen) atoms. The summed E-state index contributed by atoms with van der Waals surface area (Å²) >= 11 is 6.32. The van der Waals surface area contributed by atoms with Gasteiger partial charge in [-0.05, 0) is 42.5 Å². The van der Waals surface area contributed by atoms with E-state index in [0.29, 0.717) is 5.28 Å². The first-order chi connectivity index (χ1) is 10.2. The lowest BCUT2D eigenvalue weighted by Crippen LogP contribution is -2.24. The number of aromatic nitrogens is 2. The molecule has 5 heteroatoms. The van der Waals surface area contributed by atoms with Gasteiger partial charge in [-0.3, -0.25) is 4.90 Å². The van der Waals surface area contributed by atoms with E-state index in [4.69, 9.17) is 16.3 Å². The van der Waals surface area contributed by atoms with Crippen molar-refractivity contribution in [1.82, 2.24) is 14.5 Å². The van der Waals surface area contributed by atoms with Crippen molar-refractivity contribution in [2.75, 3.05) is 20.2 Å². The Bertz CT molecular complexity index is 625. The molecule has 0 amide bonds. The molecular formula is C16H22ClN3O. The quantitative estimate of drug-likeness (QED) is 0.842. The van der Waals surface area contributed by atoms with E-state index in [9.17, 15) is 0 Å². The summed E-state index contributed by atoms with van der Waals surface area (Å²) < 4.78 is 7.38. The van der Waals surface area contributed by atoms with Crippen LogP contribution in [-0.4, -0.2) is 34.7 Å². The summed E-state index contributed by atoms with van der Waals surface area (Å²) in [5.41, 5.74) is 1.96. The predicted molar refractivity (Wildman–Crippen MR) is 85.9 cm³/mol. The lowest BCUT2D eigenvalue weighted by Gasteiger charge is -2.18. The van der Waals surface area contributed by atoms with Crippen LogP contribution in [-0.2, 0) is 6.67 Å². The summed E-state index contributed by atoms with van der Waals surface area (Å²) in [6.45, 7) is 5.37. The Morgan fingerprint density at radius 1 is 1.43 bits per heavy atom. The van der Waals surface area contributed by atoms with Crippen LogP contribution in [0.2, 0.25) is 5.28 Å². The molecule has 0 N–H and O–H groups in total. The van der Waals surface area contributed by atoms with E-state index in [1.807, 2.05) is 18.2 Å². The van der Waals surface area contributed by atoms with Crippen LogP contribution in [0.1, 0.15) is 26.2 Å². The summed E-state index contributed by atoms with van der Waals surface area (Å²) in [5.74, 6) is 1.67. The fourth-order valence-corrected chi connectivity index (χ4v) is 3.46. The molecule has 2 heterocycles. The Balaban J connectivity index is 1.82. The fraction of sp³-hybridized carbons (Fsp3) is 0.562. The average Bonchev–Trinajstić information content (AvgIpc) is 3.05. The highest BCUT2D eigenvalue weighted by Gasteiger charge is 2.23. The maximum Gasteiger partial charge on any atom is 0.204 e. The van der Waals surface area contributed by atoms with Gasteiger partial charge in [0, 0.05) is 19.2 Å². The normalized spacial score (nSPS) is 19.5. The first-order valence-electron chi connectivity index (χ1n) is 7.63. The summed E-state index contributed by atoms with van der Waals surface area (Å²) in [6.07, 6.45) is 3.88. The van der Waals surface area contributed by atoms with Crippen molar-refractivity contribution in [2.24, 2.45) is 5.92 Å². The first kappa shape index (κ1) is 14.7. The lowest BCUT2D eigenvalue weighted by atomic mass is 10.0.